The third kappa shape index (κ3) is 3.17. The average molecular weight is 452 g/mol. The number of furan rings is 2. The topological polar surface area (TPSA) is 39.2 Å². The fraction of sp³-hybridized carbons (Fsp3) is 0.0312. The molecule has 0 aliphatic rings. The Morgan fingerprint density at radius 1 is 0.571 bits per heavy atom. The third-order valence-electron chi connectivity index (χ3n) is 6.58. The molecular weight excluding hydrogens is 430 g/mol. The second-order valence-corrected chi connectivity index (χ2v) is 8.89. The van der Waals surface area contributed by atoms with E-state index in [4.69, 9.17) is 13.8 Å². The molecule has 7 rings (SSSR count). The maximum atomic E-state index is 6.56. The molecule has 3 heteroatoms. The number of aromatic nitrogens is 1. The van der Waals surface area contributed by atoms with Gasteiger partial charge < -0.3 is 8.83 Å². The summed E-state index contributed by atoms with van der Waals surface area (Å²) >= 11 is 0. The van der Waals surface area contributed by atoms with Crippen LogP contribution in [0.3, 0.4) is 0 Å². The number of aryl methyl sites for hydroxylation is 1. The van der Waals surface area contributed by atoms with Crippen LogP contribution in [0.1, 0.15) is 5.56 Å². The number of rotatable bonds is 3. The Morgan fingerprint density at radius 3 is 2.09 bits per heavy atom. The summed E-state index contributed by atoms with van der Waals surface area (Å²) in [6, 6.07) is 35.1. The van der Waals surface area contributed by atoms with Crippen LogP contribution < -0.4 is 0 Å². The van der Waals surface area contributed by atoms with Gasteiger partial charge in [-0.25, -0.2) is 0 Å². The number of nitrogens with zero attached hydrogens (tertiary/aromatic N) is 1. The van der Waals surface area contributed by atoms with E-state index < -0.39 is 0 Å². The molecule has 3 nitrogen and oxygen atoms in total. The Bertz CT molecular complexity index is 1840. The van der Waals surface area contributed by atoms with Gasteiger partial charge in [0.2, 0.25) is 0 Å². The summed E-state index contributed by atoms with van der Waals surface area (Å²) in [7, 11) is 0. The first-order valence-corrected chi connectivity index (χ1v) is 11.7. The van der Waals surface area contributed by atoms with Crippen molar-refractivity contribution in [1.82, 2.24) is 4.98 Å². The monoisotopic (exact) mass is 451 g/mol. The largest absolute Gasteiger partial charge is 0.455 e. The van der Waals surface area contributed by atoms with Gasteiger partial charge in [0.05, 0.1) is 0 Å². The SMILES string of the molecule is Cc1cc(-c2ncc(-c3ccccc3)c3cc(-c4ccccc4)oc23)c2oc3ccccc3c2c1. The molecule has 0 atom stereocenters. The molecule has 7 aromatic rings. The molecule has 0 saturated carbocycles. The van der Waals surface area contributed by atoms with Crippen molar-refractivity contribution in [3.63, 3.8) is 0 Å². The van der Waals surface area contributed by atoms with Gasteiger partial charge in [0.15, 0.2) is 5.58 Å². The average Bonchev–Trinajstić information content (AvgIpc) is 3.51. The molecule has 3 heterocycles. The summed E-state index contributed by atoms with van der Waals surface area (Å²) < 4.78 is 12.9. The quantitative estimate of drug-likeness (QED) is 0.269. The lowest BCUT2D eigenvalue weighted by Gasteiger charge is -2.08. The predicted octanol–water partition coefficient (Wildman–Crippen LogP) is 9.04. The van der Waals surface area contributed by atoms with Gasteiger partial charge in [0.1, 0.15) is 22.6 Å². The third-order valence-corrected chi connectivity index (χ3v) is 6.58. The molecule has 0 radical (unpaired) electrons. The summed E-state index contributed by atoms with van der Waals surface area (Å²) in [6.07, 6.45) is 1.95. The number of hydrogen-bond donors (Lipinski definition) is 0. The van der Waals surface area contributed by atoms with Crippen molar-refractivity contribution in [1.29, 1.82) is 0 Å². The van der Waals surface area contributed by atoms with Crippen molar-refractivity contribution in [2.45, 2.75) is 6.92 Å². The molecule has 0 saturated heterocycles. The summed E-state index contributed by atoms with van der Waals surface area (Å²) in [4.78, 5) is 4.97. The van der Waals surface area contributed by atoms with Crippen LogP contribution in [0.4, 0.5) is 0 Å². The first kappa shape index (κ1) is 19.8. The van der Waals surface area contributed by atoms with Gasteiger partial charge in [-0.1, -0.05) is 78.9 Å². The van der Waals surface area contributed by atoms with Crippen LogP contribution in [0.25, 0.3) is 66.6 Å². The maximum Gasteiger partial charge on any atom is 0.161 e. The summed E-state index contributed by atoms with van der Waals surface area (Å²) in [5, 5.41) is 3.23. The van der Waals surface area contributed by atoms with Gasteiger partial charge >= 0.3 is 0 Å². The van der Waals surface area contributed by atoms with Crippen LogP contribution in [-0.2, 0) is 0 Å². The van der Waals surface area contributed by atoms with Crippen molar-refractivity contribution < 1.29 is 8.83 Å². The highest BCUT2D eigenvalue weighted by Gasteiger charge is 2.21. The first-order chi connectivity index (χ1) is 17.3. The standard InChI is InChI=1S/C32H21NO2/c1-20-16-24-23-14-8-9-15-28(23)34-31(24)26(17-20)30-32-25(18-29(35-32)22-12-6-3-7-13-22)27(19-33-30)21-10-4-2-5-11-21/h2-19H,1H3. The van der Waals surface area contributed by atoms with E-state index in [0.29, 0.717) is 0 Å². The van der Waals surface area contributed by atoms with Crippen molar-refractivity contribution in [2.75, 3.05) is 0 Å². The van der Waals surface area contributed by atoms with E-state index in [1.165, 1.54) is 0 Å². The van der Waals surface area contributed by atoms with Crippen LogP contribution >= 0.6 is 0 Å². The van der Waals surface area contributed by atoms with E-state index in [1.807, 2.05) is 60.8 Å². The fourth-order valence-electron chi connectivity index (χ4n) is 4.96. The zero-order valence-corrected chi connectivity index (χ0v) is 19.2. The highest BCUT2D eigenvalue weighted by Crippen LogP contribution is 2.42. The highest BCUT2D eigenvalue weighted by molar-refractivity contribution is 6.12. The number of pyridine rings is 1. The van der Waals surface area contributed by atoms with E-state index in [0.717, 1.165) is 72.2 Å². The number of hydrogen-bond acceptors (Lipinski definition) is 3. The van der Waals surface area contributed by atoms with Crippen LogP contribution in [0.5, 0.6) is 0 Å². The van der Waals surface area contributed by atoms with Gasteiger partial charge in [-0.15, -0.1) is 0 Å². The van der Waals surface area contributed by atoms with E-state index in [-0.39, 0.29) is 0 Å². The molecule has 35 heavy (non-hydrogen) atoms. The second kappa shape index (κ2) is 7.71. The molecule has 0 unspecified atom stereocenters. The lowest BCUT2D eigenvalue weighted by Crippen LogP contribution is -1.89. The summed E-state index contributed by atoms with van der Waals surface area (Å²) in [5.74, 6) is 0.820. The molecule has 0 amide bonds. The van der Waals surface area contributed by atoms with Gasteiger partial charge in [-0.2, -0.15) is 0 Å². The Morgan fingerprint density at radius 2 is 1.29 bits per heavy atom. The molecule has 4 aromatic carbocycles. The fourth-order valence-corrected chi connectivity index (χ4v) is 4.96. The lowest BCUT2D eigenvalue weighted by molar-refractivity contribution is 0.630. The summed E-state index contributed by atoms with van der Waals surface area (Å²) in [5.41, 5.74) is 8.52. The zero-order valence-electron chi connectivity index (χ0n) is 19.2. The van der Waals surface area contributed by atoms with E-state index in [9.17, 15) is 0 Å². The Balaban J connectivity index is 1.56. The molecule has 166 valence electrons. The van der Waals surface area contributed by atoms with Crippen molar-refractivity contribution in [2.24, 2.45) is 0 Å². The molecule has 0 bridgehead atoms. The molecule has 0 spiro atoms. The van der Waals surface area contributed by atoms with Gasteiger partial charge in [0, 0.05) is 39.0 Å². The van der Waals surface area contributed by atoms with Crippen LogP contribution in [0.15, 0.2) is 118 Å². The Labute approximate surface area is 202 Å². The van der Waals surface area contributed by atoms with E-state index in [1.54, 1.807) is 0 Å². The maximum absolute atomic E-state index is 6.56. The Hall–Kier alpha value is -4.63. The van der Waals surface area contributed by atoms with Crippen LogP contribution in [-0.4, -0.2) is 4.98 Å². The van der Waals surface area contributed by atoms with Crippen molar-refractivity contribution in [3.05, 3.63) is 115 Å². The second-order valence-electron chi connectivity index (χ2n) is 8.89. The van der Waals surface area contributed by atoms with E-state index in [2.05, 4.69) is 55.5 Å². The van der Waals surface area contributed by atoms with Gasteiger partial charge in [-0.05, 0) is 42.3 Å². The molecule has 0 aliphatic heterocycles. The molecule has 0 aliphatic carbocycles. The predicted molar refractivity (Wildman–Crippen MR) is 142 cm³/mol. The first-order valence-electron chi connectivity index (χ1n) is 11.7. The van der Waals surface area contributed by atoms with Gasteiger partial charge in [-0.3, -0.25) is 4.98 Å². The lowest BCUT2D eigenvalue weighted by atomic mass is 9.99. The molecule has 0 N–H and O–H groups in total. The smallest absolute Gasteiger partial charge is 0.161 e. The van der Waals surface area contributed by atoms with Crippen LogP contribution in [0.2, 0.25) is 0 Å². The summed E-state index contributed by atoms with van der Waals surface area (Å²) in [6.45, 7) is 2.11. The normalized spacial score (nSPS) is 11.6. The highest BCUT2D eigenvalue weighted by atomic mass is 16.3. The molecular formula is C32H21NO2. The molecule has 3 aromatic heterocycles. The van der Waals surface area contributed by atoms with Gasteiger partial charge in [0.25, 0.3) is 0 Å². The van der Waals surface area contributed by atoms with Crippen molar-refractivity contribution in [3.8, 4) is 33.7 Å². The van der Waals surface area contributed by atoms with E-state index >= 15 is 0 Å². The number of fused-ring (bicyclic) bond motifs is 4. The van der Waals surface area contributed by atoms with Crippen LogP contribution in [0, 0.1) is 6.92 Å². The minimum atomic E-state index is 0.762. The number of para-hydroxylation sites is 1. The zero-order chi connectivity index (χ0) is 23.4. The minimum Gasteiger partial charge on any atom is -0.455 e. The molecule has 0 fully saturated rings. The minimum absolute atomic E-state index is 0.762. The number of benzene rings is 4. The van der Waals surface area contributed by atoms with Crippen molar-refractivity contribution >= 4 is 32.9 Å². The Kier molecular flexibility index (Phi) is 4.36.